The van der Waals surface area contributed by atoms with Gasteiger partial charge >= 0.3 is 0 Å². The number of rotatable bonds is 5. The van der Waals surface area contributed by atoms with Crippen molar-refractivity contribution < 1.29 is 4.79 Å². The molecule has 7 heteroatoms. The minimum atomic E-state index is -0.345. The molecule has 0 bridgehead atoms. The first-order chi connectivity index (χ1) is 14.4. The van der Waals surface area contributed by atoms with E-state index in [1.807, 2.05) is 69.3 Å². The zero-order valence-electron chi connectivity index (χ0n) is 17.2. The van der Waals surface area contributed by atoms with Gasteiger partial charge in [0.1, 0.15) is 12.1 Å². The van der Waals surface area contributed by atoms with Gasteiger partial charge in [-0.05, 0) is 38.0 Å². The number of aryl methyl sites for hydroxylation is 3. The molecule has 0 fully saturated rings. The van der Waals surface area contributed by atoms with Gasteiger partial charge in [-0.25, -0.2) is 9.36 Å². The number of amides is 1. The summed E-state index contributed by atoms with van der Waals surface area (Å²) < 4.78 is 2.85. The van der Waals surface area contributed by atoms with E-state index in [4.69, 9.17) is 0 Å². The van der Waals surface area contributed by atoms with Crippen LogP contribution in [0.3, 0.4) is 0 Å². The van der Waals surface area contributed by atoms with E-state index in [-0.39, 0.29) is 18.0 Å². The van der Waals surface area contributed by atoms with Crippen molar-refractivity contribution in [2.45, 2.75) is 33.9 Å². The lowest BCUT2D eigenvalue weighted by Crippen LogP contribution is -2.34. The van der Waals surface area contributed by atoms with E-state index in [0.29, 0.717) is 23.1 Å². The topological polar surface area (TPSA) is 81.8 Å². The Morgan fingerprint density at radius 1 is 1.07 bits per heavy atom. The molecule has 0 unspecified atom stereocenters. The molecule has 0 radical (unpaired) electrons. The number of fused-ring (bicyclic) bond motifs is 1. The maximum absolute atomic E-state index is 13.2. The fourth-order valence-electron chi connectivity index (χ4n) is 3.54. The molecule has 2 aromatic carbocycles. The number of carbonyl (C=O) groups is 1. The van der Waals surface area contributed by atoms with Crippen molar-refractivity contribution in [3.8, 4) is 5.69 Å². The number of nitrogens with zero attached hydrogens (tertiary/aromatic N) is 4. The van der Waals surface area contributed by atoms with E-state index in [1.165, 1.54) is 4.68 Å². The summed E-state index contributed by atoms with van der Waals surface area (Å²) in [5, 5.41) is 12.3. The average Bonchev–Trinajstić information content (AvgIpc) is 3.17. The Balaban J connectivity index is 1.67. The first-order valence-corrected chi connectivity index (χ1v) is 9.78. The lowest BCUT2D eigenvalue weighted by molar-refractivity contribution is -0.122. The lowest BCUT2D eigenvalue weighted by Gasteiger charge is -2.11. The van der Waals surface area contributed by atoms with E-state index in [2.05, 4.69) is 15.5 Å². The van der Waals surface area contributed by atoms with Gasteiger partial charge in [0.15, 0.2) is 0 Å². The van der Waals surface area contributed by atoms with Crippen LogP contribution in [0.1, 0.15) is 22.4 Å². The standard InChI is InChI=1S/C23H23N5O2/c1-15-9-10-20(16(2)11-15)28-22-19(13-25-28)17(3)26-27(23(22)30)14-21(29)24-12-18-7-5-4-6-8-18/h4-11,13H,12,14H2,1-3H3,(H,24,29). The first-order valence-electron chi connectivity index (χ1n) is 9.78. The summed E-state index contributed by atoms with van der Waals surface area (Å²) in [5.41, 5.74) is 4.70. The van der Waals surface area contributed by atoms with Crippen molar-refractivity contribution in [3.63, 3.8) is 0 Å². The molecule has 1 amide bonds. The quantitative estimate of drug-likeness (QED) is 0.558. The monoisotopic (exact) mass is 401 g/mol. The minimum Gasteiger partial charge on any atom is -0.350 e. The zero-order chi connectivity index (χ0) is 21.3. The van der Waals surface area contributed by atoms with E-state index in [0.717, 1.165) is 22.4 Å². The Morgan fingerprint density at radius 2 is 1.83 bits per heavy atom. The second kappa shape index (κ2) is 7.94. The Kier molecular flexibility index (Phi) is 5.18. The van der Waals surface area contributed by atoms with Crippen molar-refractivity contribution in [3.05, 3.63) is 87.5 Å². The van der Waals surface area contributed by atoms with Crippen molar-refractivity contribution in [2.75, 3.05) is 0 Å². The third-order valence-corrected chi connectivity index (χ3v) is 5.07. The third kappa shape index (κ3) is 3.74. The van der Waals surface area contributed by atoms with Gasteiger partial charge in [-0.3, -0.25) is 9.59 Å². The van der Waals surface area contributed by atoms with E-state index in [1.54, 1.807) is 10.9 Å². The van der Waals surface area contributed by atoms with Gasteiger partial charge in [-0.15, -0.1) is 0 Å². The Labute approximate surface area is 174 Å². The van der Waals surface area contributed by atoms with E-state index < -0.39 is 0 Å². The first kappa shape index (κ1) is 19.6. The second-order valence-electron chi connectivity index (χ2n) is 7.42. The molecule has 1 N–H and O–H groups in total. The molecule has 4 rings (SSSR count). The number of hydrogen-bond donors (Lipinski definition) is 1. The second-order valence-corrected chi connectivity index (χ2v) is 7.42. The molecule has 0 aliphatic carbocycles. The number of hydrogen-bond acceptors (Lipinski definition) is 4. The van der Waals surface area contributed by atoms with Crippen molar-refractivity contribution in [1.29, 1.82) is 0 Å². The molecule has 2 aromatic heterocycles. The van der Waals surface area contributed by atoms with Crippen LogP contribution in [-0.2, 0) is 17.9 Å². The maximum atomic E-state index is 13.2. The molecule has 0 aliphatic heterocycles. The number of carbonyl (C=O) groups excluding carboxylic acids is 1. The largest absolute Gasteiger partial charge is 0.350 e. The SMILES string of the molecule is Cc1ccc(-n2ncc3c(C)nn(CC(=O)NCc4ccccc4)c(=O)c32)c(C)c1. The summed E-state index contributed by atoms with van der Waals surface area (Å²) in [7, 11) is 0. The zero-order valence-corrected chi connectivity index (χ0v) is 17.2. The van der Waals surface area contributed by atoms with E-state index in [9.17, 15) is 9.59 Å². The highest BCUT2D eigenvalue weighted by Crippen LogP contribution is 2.20. The fraction of sp³-hybridized carbons (Fsp3) is 0.217. The molecule has 0 spiro atoms. The Bertz CT molecular complexity index is 1290. The maximum Gasteiger partial charge on any atom is 0.293 e. The molecule has 7 nitrogen and oxygen atoms in total. The molecule has 4 aromatic rings. The van der Waals surface area contributed by atoms with Gasteiger partial charge < -0.3 is 5.32 Å². The highest BCUT2D eigenvalue weighted by Gasteiger charge is 2.17. The predicted octanol–water partition coefficient (Wildman–Crippen LogP) is 2.82. The van der Waals surface area contributed by atoms with Crippen LogP contribution in [-0.4, -0.2) is 25.5 Å². The van der Waals surface area contributed by atoms with Gasteiger partial charge in [0.25, 0.3) is 5.56 Å². The Morgan fingerprint density at radius 3 is 2.57 bits per heavy atom. The van der Waals surface area contributed by atoms with Crippen LogP contribution in [0.2, 0.25) is 0 Å². The van der Waals surface area contributed by atoms with Crippen LogP contribution >= 0.6 is 0 Å². The number of benzene rings is 2. The van der Waals surface area contributed by atoms with Crippen molar-refractivity contribution in [1.82, 2.24) is 24.9 Å². The van der Waals surface area contributed by atoms with Gasteiger partial charge in [-0.1, -0.05) is 48.0 Å². The molecule has 0 aliphatic rings. The molecule has 30 heavy (non-hydrogen) atoms. The van der Waals surface area contributed by atoms with Crippen molar-refractivity contribution >= 4 is 16.8 Å². The molecule has 152 valence electrons. The Hall–Kier alpha value is -3.74. The van der Waals surface area contributed by atoms with Crippen LogP contribution in [0, 0.1) is 20.8 Å². The number of nitrogens with one attached hydrogen (secondary N) is 1. The summed E-state index contributed by atoms with van der Waals surface area (Å²) in [6.45, 7) is 6.07. The van der Waals surface area contributed by atoms with Gasteiger partial charge in [0.2, 0.25) is 5.91 Å². The summed E-state index contributed by atoms with van der Waals surface area (Å²) >= 11 is 0. The van der Waals surface area contributed by atoms with Crippen LogP contribution in [0.4, 0.5) is 0 Å². The van der Waals surface area contributed by atoms with E-state index >= 15 is 0 Å². The molecule has 0 saturated carbocycles. The van der Waals surface area contributed by atoms with Gasteiger partial charge in [0.05, 0.1) is 17.6 Å². The van der Waals surface area contributed by atoms with Crippen LogP contribution in [0.5, 0.6) is 0 Å². The molecular formula is C23H23N5O2. The van der Waals surface area contributed by atoms with Crippen LogP contribution in [0.25, 0.3) is 16.6 Å². The van der Waals surface area contributed by atoms with Crippen LogP contribution in [0.15, 0.2) is 59.5 Å². The molecular weight excluding hydrogens is 378 g/mol. The van der Waals surface area contributed by atoms with Gasteiger partial charge in [-0.2, -0.15) is 10.2 Å². The summed E-state index contributed by atoms with van der Waals surface area (Å²) in [4.78, 5) is 25.6. The lowest BCUT2D eigenvalue weighted by atomic mass is 10.1. The highest BCUT2D eigenvalue weighted by molar-refractivity contribution is 5.82. The molecule has 2 heterocycles. The highest BCUT2D eigenvalue weighted by atomic mass is 16.2. The summed E-state index contributed by atoms with van der Waals surface area (Å²) in [6, 6.07) is 15.6. The average molecular weight is 401 g/mol. The minimum absolute atomic E-state index is 0.152. The summed E-state index contributed by atoms with van der Waals surface area (Å²) in [6.07, 6.45) is 1.65. The third-order valence-electron chi connectivity index (χ3n) is 5.07. The predicted molar refractivity (Wildman–Crippen MR) is 116 cm³/mol. The molecule has 0 saturated heterocycles. The van der Waals surface area contributed by atoms with Crippen molar-refractivity contribution in [2.24, 2.45) is 0 Å². The fourth-order valence-corrected chi connectivity index (χ4v) is 3.54. The smallest absolute Gasteiger partial charge is 0.293 e. The van der Waals surface area contributed by atoms with Crippen LogP contribution < -0.4 is 10.9 Å². The van der Waals surface area contributed by atoms with Gasteiger partial charge in [0, 0.05) is 11.9 Å². The summed E-state index contributed by atoms with van der Waals surface area (Å²) in [5.74, 6) is -0.273. The normalized spacial score (nSPS) is 11.0. The number of aromatic nitrogens is 4. The molecule has 0 atom stereocenters.